The summed E-state index contributed by atoms with van der Waals surface area (Å²) in [5, 5.41) is 8.24. The van der Waals surface area contributed by atoms with Gasteiger partial charge in [0.15, 0.2) is 0 Å². The van der Waals surface area contributed by atoms with Crippen LogP contribution in [0.15, 0.2) is 59.4 Å². The molecule has 1 saturated heterocycles. The SMILES string of the molecule is CCCC=Cc1ccc(CN2C(C)C(=O)N(Cc3cn(Cc4ccco4)nn3)CCS2(=O)=O)cc1. The van der Waals surface area contributed by atoms with Crippen LogP contribution in [0.1, 0.15) is 49.3 Å². The fourth-order valence-electron chi connectivity index (χ4n) is 4.02. The molecule has 1 aliphatic heterocycles. The first-order valence-corrected chi connectivity index (χ1v) is 13.4. The van der Waals surface area contributed by atoms with Crippen LogP contribution in [-0.4, -0.2) is 56.9 Å². The summed E-state index contributed by atoms with van der Waals surface area (Å²) in [7, 11) is -3.62. The second-order valence-electron chi connectivity index (χ2n) is 8.72. The predicted octanol–water partition coefficient (Wildman–Crippen LogP) is 3.30. The van der Waals surface area contributed by atoms with Crippen LogP contribution in [0.25, 0.3) is 6.08 Å². The summed E-state index contributed by atoms with van der Waals surface area (Å²) in [6.07, 6.45) is 9.63. The molecule has 0 radical (unpaired) electrons. The van der Waals surface area contributed by atoms with Crippen molar-refractivity contribution in [3.05, 3.63) is 77.5 Å². The highest BCUT2D eigenvalue weighted by atomic mass is 32.2. The Morgan fingerprint density at radius 2 is 1.94 bits per heavy atom. The summed E-state index contributed by atoms with van der Waals surface area (Å²) in [4.78, 5) is 14.8. The van der Waals surface area contributed by atoms with Crippen LogP contribution < -0.4 is 0 Å². The number of carbonyl (C=O) groups is 1. The normalized spacial score (nSPS) is 18.9. The monoisotopic (exact) mass is 497 g/mol. The number of hydrogen-bond donors (Lipinski definition) is 0. The fourth-order valence-corrected chi connectivity index (χ4v) is 5.62. The van der Waals surface area contributed by atoms with Crippen LogP contribution in [-0.2, 0) is 34.5 Å². The van der Waals surface area contributed by atoms with Gasteiger partial charge in [-0.2, -0.15) is 4.31 Å². The molecule has 1 amide bonds. The van der Waals surface area contributed by atoms with E-state index in [-0.39, 0.29) is 31.3 Å². The van der Waals surface area contributed by atoms with Gasteiger partial charge in [-0.1, -0.05) is 55.0 Å². The van der Waals surface area contributed by atoms with E-state index in [0.717, 1.165) is 29.7 Å². The highest BCUT2D eigenvalue weighted by Crippen LogP contribution is 2.21. The number of carbonyl (C=O) groups excluding carboxylic acids is 1. The number of benzene rings is 1. The molecule has 0 spiro atoms. The zero-order valence-corrected chi connectivity index (χ0v) is 20.9. The Balaban J connectivity index is 1.43. The average molecular weight is 498 g/mol. The maximum atomic E-state index is 13.2. The molecule has 1 aliphatic rings. The molecule has 186 valence electrons. The fraction of sp³-hybridized carbons (Fsp3) is 0.400. The van der Waals surface area contributed by atoms with E-state index in [0.29, 0.717) is 12.2 Å². The van der Waals surface area contributed by atoms with Crippen molar-refractivity contribution in [2.75, 3.05) is 12.3 Å². The Morgan fingerprint density at radius 3 is 2.66 bits per heavy atom. The summed E-state index contributed by atoms with van der Waals surface area (Å²) in [5.74, 6) is 0.361. The Bertz CT molecular complexity index is 1250. The van der Waals surface area contributed by atoms with E-state index in [2.05, 4.69) is 29.4 Å². The minimum atomic E-state index is -3.62. The summed E-state index contributed by atoms with van der Waals surface area (Å²) >= 11 is 0. The third-order valence-electron chi connectivity index (χ3n) is 6.00. The summed E-state index contributed by atoms with van der Waals surface area (Å²) < 4.78 is 34.4. The number of rotatable bonds is 9. The Hall–Kier alpha value is -3.24. The molecule has 3 aromatic rings. The first-order chi connectivity index (χ1) is 16.9. The molecular weight excluding hydrogens is 466 g/mol. The quantitative estimate of drug-likeness (QED) is 0.450. The molecule has 35 heavy (non-hydrogen) atoms. The lowest BCUT2D eigenvalue weighted by Gasteiger charge is -2.26. The number of amides is 1. The lowest BCUT2D eigenvalue weighted by Crippen LogP contribution is -2.45. The van der Waals surface area contributed by atoms with Crippen molar-refractivity contribution in [1.82, 2.24) is 24.2 Å². The molecule has 1 unspecified atom stereocenters. The summed E-state index contributed by atoms with van der Waals surface area (Å²) in [6, 6.07) is 10.6. The van der Waals surface area contributed by atoms with E-state index in [1.807, 2.05) is 30.3 Å². The van der Waals surface area contributed by atoms with E-state index in [4.69, 9.17) is 4.42 Å². The smallest absolute Gasteiger partial charge is 0.241 e. The summed E-state index contributed by atoms with van der Waals surface area (Å²) in [6.45, 7) is 4.66. The van der Waals surface area contributed by atoms with Crippen molar-refractivity contribution >= 4 is 22.0 Å². The molecule has 9 nitrogen and oxygen atoms in total. The minimum absolute atomic E-state index is 0.105. The van der Waals surface area contributed by atoms with Crippen LogP contribution in [0.2, 0.25) is 0 Å². The van der Waals surface area contributed by atoms with Gasteiger partial charge >= 0.3 is 0 Å². The lowest BCUT2D eigenvalue weighted by atomic mass is 10.1. The van der Waals surface area contributed by atoms with Crippen LogP contribution in [0.5, 0.6) is 0 Å². The van der Waals surface area contributed by atoms with Crippen molar-refractivity contribution in [1.29, 1.82) is 0 Å². The maximum absolute atomic E-state index is 13.2. The molecule has 2 aromatic heterocycles. The molecule has 4 rings (SSSR count). The first-order valence-electron chi connectivity index (χ1n) is 11.8. The third kappa shape index (κ3) is 6.26. The van der Waals surface area contributed by atoms with Crippen molar-refractivity contribution in [2.45, 2.75) is 52.4 Å². The topological polar surface area (TPSA) is 102 Å². The molecule has 0 bridgehead atoms. The largest absolute Gasteiger partial charge is 0.467 e. The number of sulfonamides is 1. The van der Waals surface area contributed by atoms with Crippen LogP contribution in [0.3, 0.4) is 0 Å². The molecule has 10 heteroatoms. The second-order valence-corrected chi connectivity index (χ2v) is 10.8. The van der Waals surface area contributed by atoms with Gasteiger partial charge in [0.1, 0.15) is 24.0 Å². The second kappa shape index (κ2) is 11.0. The molecule has 0 N–H and O–H groups in total. The highest BCUT2D eigenvalue weighted by molar-refractivity contribution is 7.89. The lowest BCUT2D eigenvalue weighted by molar-refractivity contribution is -0.134. The summed E-state index contributed by atoms with van der Waals surface area (Å²) in [5.41, 5.74) is 2.50. The molecule has 1 fully saturated rings. The van der Waals surface area contributed by atoms with Gasteiger partial charge in [0.05, 0.1) is 24.8 Å². The van der Waals surface area contributed by atoms with Gasteiger partial charge in [0.2, 0.25) is 15.9 Å². The van der Waals surface area contributed by atoms with Gasteiger partial charge in [-0.15, -0.1) is 5.10 Å². The Labute approximate surface area is 206 Å². The van der Waals surface area contributed by atoms with E-state index in [1.165, 1.54) is 4.31 Å². The molecule has 0 saturated carbocycles. The standard InChI is InChI=1S/C25H31N5O4S/c1-3-4-5-7-21-9-11-22(12-10-21)16-30-20(2)25(31)28(13-15-35(30,32)33)17-23-18-29(27-26-23)19-24-8-6-14-34-24/h5-12,14,18,20H,3-4,13,15-17,19H2,1-2H3. The van der Waals surface area contributed by atoms with Gasteiger partial charge < -0.3 is 9.32 Å². The number of nitrogens with zero attached hydrogens (tertiary/aromatic N) is 5. The van der Waals surface area contributed by atoms with E-state index in [9.17, 15) is 13.2 Å². The van der Waals surface area contributed by atoms with Crippen LogP contribution in [0.4, 0.5) is 0 Å². The molecule has 1 atom stereocenters. The number of unbranched alkanes of at least 4 members (excludes halogenated alkanes) is 1. The highest BCUT2D eigenvalue weighted by Gasteiger charge is 2.38. The maximum Gasteiger partial charge on any atom is 0.241 e. The predicted molar refractivity (Wildman–Crippen MR) is 132 cm³/mol. The van der Waals surface area contributed by atoms with Crippen molar-refractivity contribution in [2.24, 2.45) is 0 Å². The average Bonchev–Trinajstić information content (AvgIpc) is 3.51. The zero-order valence-electron chi connectivity index (χ0n) is 20.1. The molecule has 1 aromatic carbocycles. The zero-order chi connectivity index (χ0) is 24.8. The molecule has 3 heterocycles. The van der Waals surface area contributed by atoms with Crippen molar-refractivity contribution in [3.8, 4) is 0 Å². The Morgan fingerprint density at radius 1 is 1.14 bits per heavy atom. The van der Waals surface area contributed by atoms with E-state index >= 15 is 0 Å². The first kappa shape index (κ1) is 24.9. The van der Waals surface area contributed by atoms with E-state index < -0.39 is 16.1 Å². The number of allylic oxidation sites excluding steroid dienone is 1. The van der Waals surface area contributed by atoms with Crippen LogP contribution >= 0.6 is 0 Å². The van der Waals surface area contributed by atoms with Gasteiger partial charge in [-0.3, -0.25) is 4.79 Å². The van der Waals surface area contributed by atoms with Crippen molar-refractivity contribution < 1.29 is 17.6 Å². The van der Waals surface area contributed by atoms with Gasteiger partial charge in [0, 0.05) is 13.1 Å². The molecular formula is C25H31N5O4S. The third-order valence-corrected chi connectivity index (χ3v) is 7.86. The van der Waals surface area contributed by atoms with Crippen molar-refractivity contribution in [3.63, 3.8) is 0 Å². The van der Waals surface area contributed by atoms with Gasteiger partial charge in [-0.25, -0.2) is 13.1 Å². The van der Waals surface area contributed by atoms with E-state index in [1.54, 1.807) is 35.0 Å². The van der Waals surface area contributed by atoms with Crippen LogP contribution in [0, 0.1) is 0 Å². The number of aromatic nitrogens is 3. The number of furan rings is 1. The van der Waals surface area contributed by atoms with Gasteiger partial charge in [-0.05, 0) is 36.6 Å². The number of hydrogen-bond acceptors (Lipinski definition) is 6. The van der Waals surface area contributed by atoms with Gasteiger partial charge in [0.25, 0.3) is 0 Å². The minimum Gasteiger partial charge on any atom is -0.467 e. The molecule has 0 aliphatic carbocycles. The Kier molecular flexibility index (Phi) is 7.82.